The minimum absolute atomic E-state index is 0.00720. The molecule has 0 atom stereocenters. The Balaban J connectivity index is 1.57. The fourth-order valence-corrected chi connectivity index (χ4v) is 5.02. The number of fused-ring (bicyclic) bond motifs is 1. The Morgan fingerprint density at radius 3 is 2.30 bits per heavy atom. The zero-order valence-electron chi connectivity index (χ0n) is 17.4. The second-order valence-electron chi connectivity index (χ2n) is 7.38. The highest BCUT2D eigenvalue weighted by Crippen LogP contribution is 2.27. The van der Waals surface area contributed by atoms with Crippen LogP contribution in [0.2, 0.25) is 5.02 Å². The summed E-state index contributed by atoms with van der Waals surface area (Å²) in [5.41, 5.74) is 0.968. The molecule has 0 fully saturated rings. The van der Waals surface area contributed by atoms with E-state index in [0.29, 0.717) is 0 Å². The molecule has 5 nitrogen and oxygen atoms in total. The second kappa shape index (κ2) is 9.60. The Morgan fingerprint density at radius 2 is 1.58 bits per heavy atom. The van der Waals surface area contributed by atoms with E-state index in [1.54, 1.807) is 18.2 Å². The summed E-state index contributed by atoms with van der Waals surface area (Å²) in [5.74, 6) is -1.19. The van der Waals surface area contributed by atoms with E-state index in [9.17, 15) is 17.6 Å². The van der Waals surface area contributed by atoms with Gasteiger partial charge in [-0.2, -0.15) is 0 Å². The molecule has 4 aromatic rings. The summed E-state index contributed by atoms with van der Waals surface area (Å²) in [7, 11) is -4.10. The fourth-order valence-electron chi connectivity index (χ4n) is 3.41. The molecule has 33 heavy (non-hydrogen) atoms. The highest BCUT2D eigenvalue weighted by Gasteiger charge is 2.27. The van der Waals surface area contributed by atoms with Crippen molar-refractivity contribution in [3.63, 3.8) is 0 Å². The number of nitrogens with zero attached hydrogens (tertiary/aromatic N) is 1. The molecule has 0 heterocycles. The van der Waals surface area contributed by atoms with Crippen molar-refractivity contribution >= 4 is 44.0 Å². The Kier molecular flexibility index (Phi) is 6.62. The van der Waals surface area contributed by atoms with E-state index in [2.05, 4.69) is 5.32 Å². The molecule has 0 saturated heterocycles. The molecule has 8 heteroatoms. The van der Waals surface area contributed by atoms with Crippen molar-refractivity contribution < 1.29 is 17.6 Å². The minimum atomic E-state index is -4.10. The largest absolute Gasteiger partial charge is 0.350 e. The second-order valence-corrected chi connectivity index (χ2v) is 9.65. The van der Waals surface area contributed by atoms with Crippen LogP contribution in [0.3, 0.4) is 0 Å². The highest BCUT2D eigenvalue weighted by atomic mass is 35.5. The van der Waals surface area contributed by atoms with E-state index in [4.69, 9.17) is 11.6 Å². The number of sulfonamides is 1. The number of hydrogen-bond acceptors (Lipinski definition) is 3. The van der Waals surface area contributed by atoms with Crippen LogP contribution >= 0.6 is 11.6 Å². The van der Waals surface area contributed by atoms with Gasteiger partial charge in [0.25, 0.3) is 10.0 Å². The van der Waals surface area contributed by atoms with Crippen LogP contribution in [0, 0.1) is 5.82 Å². The van der Waals surface area contributed by atoms with Crippen molar-refractivity contribution in [3.05, 3.63) is 107 Å². The predicted octanol–water partition coefficient (Wildman–Crippen LogP) is 5.14. The zero-order chi connectivity index (χ0) is 23.4. The molecule has 4 rings (SSSR count). The summed E-state index contributed by atoms with van der Waals surface area (Å²) in [5, 5.41) is 4.65. The lowest BCUT2D eigenvalue weighted by Crippen LogP contribution is -2.40. The number of rotatable bonds is 7. The molecule has 1 amide bonds. The van der Waals surface area contributed by atoms with Gasteiger partial charge < -0.3 is 5.32 Å². The van der Waals surface area contributed by atoms with Gasteiger partial charge in [-0.25, -0.2) is 12.8 Å². The summed E-state index contributed by atoms with van der Waals surface area (Å²) in [6, 6.07) is 25.0. The molecule has 0 spiro atoms. The van der Waals surface area contributed by atoms with E-state index in [1.165, 1.54) is 24.3 Å². The number of amides is 1. The Hall–Kier alpha value is -3.42. The molecular weight excluding hydrogens is 463 g/mol. The Labute approximate surface area is 196 Å². The van der Waals surface area contributed by atoms with Crippen LogP contribution in [0.15, 0.2) is 95.9 Å². The first kappa shape index (κ1) is 22.8. The number of halogens is 2. The van der Waals surface area contributed by atoms with E-state index in [1.807, 2.05) is 42.5 Å². The maximum absolute atomic E-state index is 13.7. The summed E-state index contributed by atoms with van der Waals surface area (Å²) in [6.45, 7) is -0.264. The molecule has 4 aromatic carbocycles. The molecule has 0 aromatic heterocycles. The molecule has 0 aliphatic carbocycles. The minimum Gasteiger partial charge on any atom is -0.350 e. The normalized spacial score (nSPS) is 11.3. The molecular formula is C25H20ClFN2O3S. The van der Waals surface area contributed by atoms with Gasteiger partial charge in [-0.3, -0.25) is 9.10 Å². The monoisotopic (exact) mass is 482 g/mol. The SMILES string of the molecule is O=C(CN(c1ccc(F)c(Cl)c1)S(=O)(=O)c1ccccc1)NCc1ccc2ccccc2c1. The van der Waals surface area contributed by atoms with Crippen LogP contribution in [-0.2, 0) is 21.4 Å². The van der Waals surface area contributed by atoms with Gasteiger partial charge in [0.05, 0.1) is 15.6 Å². The van der Waals surface area contributed by atoms with Crippen LogP contribution in [-0.4, -0.2) is 20.9 Å². The van der Waals surface area contributed by atoms with Gasteiger partial charge in [-0.05, 0) is 52.7 Å². The topological polar surface area (TPSA) is 66.5 Å². The maximum atomic E-state index is 13.7. The standard InChI is InChI=1S/C25H20ClFN2O3S/c26-23-15-21(12-13-24(23)27)29(33(31,32)22-8-2-1-3-9-22)17-25(30)28-16-18-10-11-19-6-4-5-7-20(19)14-18/h1-15H,16-17H2,(H,28,30). The van der Waals surface area contributed by atoms with Crippen molar-refractivity contribution in [3.8, 4) is 0 Å². The molecule has 0 radical (unpaired) electrons. The number of benzene rings is 4. The predicted molar refractivity (Wildman–Crippen MR) is 128 cm³/mol. The number of hydrogen-bond donors (Lipinski definition) is 1. The number of anilines is 1. The summed E-state index contributed by atoms with van der Waals surface area (Å²) in [4.78, 5) is 12.8. The maximum Gasteiger partial charge on any atom is 0.264 e. The third-order valence-corrected chi connectivity index (χ3v) is 7.19. The van der Waals surface area contributed by atoms with E-state index in [-0.39, 0.29) is 22.2 Å². The van der Waals surface area contributed by atoms with E-state index < -0.39 is 28.3 Å². The lowest BCUT2D eigenvalue weighted by atomic mass is 10.1. The van der Waals surface area contributed by atoms with Gasteiger partial charge >= 0.3 is 0 Å². The van der Waals surface area contributed by atoms with Crippen LogP contribution in [0.4, 0.5) is 10.1 Å². The molecule has 168 valence electrons. The first-order valence-electron chi connectivity index (χ1n) is 10.1. The number of nitrogens with one attached hydrogen (secondary N) is 1. The van der Waals surface area contributed by atoms with Crippen molar-refractivity contribution in [1.29, 1.82) is 0 Å². The lowest BCUT2D eigenvalue weighted by Gasteiger charge is -2.24. The summed E-state index contributed by atoms with van der Waals surface area (Å²) < 4.78 is 41.2. The van der Waals surface area contributed by atoms with Gasteiger partial charge in [-0.1, -0.05) is 66.2 Å². The molecule has 0 unspecified atom stereocenters. The quantitative estimate of drug-likeness (QED) is 0.396. The summed E-state index contributed by atoms with van der Waals surface area (Å²) in [6.07, 6.45) is 0. The van der Waals surface area contributed by atoms with Crippen molar-refractivity contribution in [2.24, 2.45) is 0 Å². The molecule has 0 aliphatic rings. The zero-order valence-corrected chi connectivity index (χ0v) is 19.0. The first-order chi connectivity index (χ1) is 15.8. The van der Waals surface area contributed by atoms with Gasteiger partial charge in [0.15, 0.2) is 0 Å². The van der Waals surface area contributed by atoms with Crippen molar-refractivity contribution in [2.45, 2.75) is 11.4 Å². The van der Waals surface area contributed by atoms with Crippen LogP contribution in [0.25, 0.3) is 10.8 Å². The van der Waals surface area contributed by atoms with E-state index in [0.717, 1.165) is 26.7 Å². The average molecular weight is 483 g/mol. The van der Waals surface area contributed by atoms with Crippen molar-refractivity contribution in [1.82, 2.24) is 5.32 Å². The van der Waals surface area contributed by atoms with Crippen LogP contribution in [0.5, 0.6) is 0 Å². The Morgan fingerprint density at radius 1 is 0.879 bits per heavy atom. The number of carbonyl (C=O) groups is 1. The van der Waals surface area contributed by atoms with Crippen molar-refractivity contribution in [2.75, 3.05) is 10.8 Å². The van der Waals surface area contributed by atoms with Gasteiger partial charge in [-0.15, -0.1) is 0 Å². The van der Waals surface area contributed by atoms with Gasteiger partial charge in [0.2, 0.25) is 5.91 Å². The van der Waals surface area contributed by atoms with Crippen LogP contribution < -0.4 is 9.62 Å². The lowest BCUT2D eigenvalue weighted by molar-refractivity contribution is -0.119. The average Bonchev–Trinajstić information content (AvgIpc) is 2.83. The molecule has 0 bridgehead atoms. The molecule has 0 aliphatic heterocycles. The fraction of sp³-hybridized carbons (Fsp3) is 0.0800. The van der Waals surface area contributed by atoms with E-state index >= 15 is 0 Å². The first-order valence-corrected chi connectivity index (χ1v) is 11.9. The molecule has 0 saturated carbocycles. The smallest absolute Gasteiger partial charge is 0.264 e. The highest BCUT2D eigenvalue weighted by molar-refractivity contribution is 7.92. The van der Waals surface area contributed by atoms with Gasteiger partial charge in [0, 0.05) is 6.54 Å². The molecule has 1 N–H and O–H groups in total. The number of carbonyl (C=O) groups excluding carboxylic acids is 1. The summed E-state index contributed by atoms with van der Waals surface area (Å²) >= 11 is 5.88. The van der Waals surface area contributed by atoms with Crippen LogP contribution in [0.1, 0.15) is 5.56 Å². The van der Waals surface area contributed by atoms with Gasteiger partial charge in [0.1, 0.15) is 12.4 Å². The third kappa shape index (κ3) is 5.16. The third-order valence-electron chi connectivity index (χ3n) is 5.11. The Bertz CT molecular complexity index is 1410.